The number of aryl methyl sites for hydroxylation is 2. The molecule has 19 heavy (non-hydrogen) atoms. The van der Waals surface area contributed by atoms with Crippen molar-refractivity contribution >= 4 is 21.6 Å². The van der Waals surface area contributed by atoms with E-state index in [0.29, 0.717) is 17.1 Å². The lowest BCUT2D eigenvalue weighted by atomic mass is 10.2. The third kappa shape index (κ3) is 3.32. The Balaban J connectivity index is 2.33. The van der Waals surface area contributed by atoms with Gasteiger partial charge in [-0.15, -0.1) is 0 Å². The van der Waals surface area contributed by atoms with E-state index in [-0.39, 0.29) is 5.69 Å². The molecule has 0 aliphatic heterocycles. The molecule has 0 saturated heterocycles. The minimum absolute atomic E-state index is 0.0595. The predicted octanol–water partition coefficient (Wildman–Crippen LogP) is 4.77. The number of ether oxygens (including phenoxy) is 1. The summed E-state index contributed by atoms with van der Waals surface area (Å²) in [5.41, 5.74) is 1.72. The van der Waals surface area contributed by atoms with E-state index in [0.717, 1.165) is 10.0 Å². The Labute approximate surface area is 119 Å². The Kier molecular flexibility index (Phi) is 3.85. The summed E-state index contributed by atoms with van der Waals surface area (Å²) in [5, 5.41) is 10.9. The fourth-order valence-corrected chi connectivity index (χ4v) is 2.33. The summed E-state index contributed by atoms with van der Waals surface area (Å²) in [4.78, 5) is 10.5. The lowest BCUT2D eigenvalue weighted by Gasteiger charge is -2.08. The lowest BCUT2D eigenvalue weighted by Crippen LogP contribution is -1.93. The highest BCUT2D eigenvalue weighted by Gasteiger charge is 2.12. The summed E-state index contributed by atoms with van der Waals surface area (Å²) in [6, 6.07) is 10.5. The van der Waals surface area contributed by atoms with Gasteiger partial charge in [0, 0.05) is 10.0 Å². The summed E-state index contributed by atoms with van der Waals surface area (Å²) in [6.45, 7) is 3.65. The first-order chi connectivity index (χ1) is 8.95. The van der Waals surface area contributed by atoms with Gasteiger partial charge >= 0.3 is 0 Å². The second kappa shape index (κ2) is 5.40. The molecule has 0 radical (unpaired) electrons. The highest BCUT2D eigenvalue weighted by atomic mass is 79.9. The predicted molar refractivity (Wildman–Crippen MR) is 76.8 cm³/mol. The van der Waals surface area contributed by atoms with Gasteiger partial charge in [0.05, 0.1) is 11.0 Å². The van der Waals surface area contributed by atoms with Crippen LogP contribution in [-0.4, -0.2) is 4.92 Å². The van der Waals surface area contributed by atoms with Gasteiger partial charge in [-0.1, -0.05) is 15.9 Å². The Morgan fingerprint density at radius 1 is 1.11 bits per heavy atom. The molecular weight excluding hydrogens is 310 g/mol. The minimum atomic E-state index is -0.408. The maximum atomic E-state index is 10.9. The van der Waals surface area contributed by atoms with E-state index in [4.69, 9.17) is 4.74 Å². The summed E-state index contributed by atoms with van der Waals surface area (Å²) in [6.07, 6.45) is 0. The van der Waals surface area contributed by atoms with Crippen LogP contribution in [0.4, 0.5) is 5.69 Å². The van der Waals surface area contributed by atoms with Gasteiger partial charge in [0.25, 0.3) is 5.69 Å². The van der Waals surface area contributed by atoms with Crippen LogP contribution in [0.25, 0.3) is 0 Å². The number of benzene rings is 2. The van der Waals surface area contributed by atoms with Crippen molar-refractivity contribution in [1.29, 1.82) is 0 Å². The van der Waals surface area contributed by atoms with Crippen molar-refractivity contribution in [2.75, 3.05) is 0 Å². The molecule has 0 fully saturated rings. The molecule has 0 spiro atoms. The van der Waals surface area contributed by atoms with Crippen LogP contribution in [0, 0.1) is 24.0 Å². The van der Waals surface area contributed by atoms with Gasteiger partial charge in [0.2, 0.25) is 0 Å². The highest BCUT2D eigenvalue weighted by molar-refractivity contribution is 9.10. The van der Waals surface area contributed by atoms with E-state index >= 15 is 0 Å². The first kappa shape index (κ1) is 13.5. The largest absolute Gasteiger partial charge is 0.457 e. The molecule has 0 aliphatic rings. The van der Waals surface area contributed by atoms with Crippen LogP contribution in [0.15, 0.2) is 40.9 Å². The molecule has 0 aromatic heterocycles. The van der Waals surface area contributed by atoms with E-state index in [9.17, 15) is 10.1 Å². The smallest absolute Gasteiger partial charge is 0.276 e. The van der Waals surface area contributed by atoms with E-state index in [1.807, 2.05) is 25.1 Å². The topological polar surface area (TPSA) is 52.4 Å². The molecule has 0 saturated carbocycles. The van der Waals surface area contributed by atoms with Gasteiger partial charge in [-0.3, -0.25) is 10.1 Å². The van der Waals surface area contributed by atoms with E-state index in [1.165, 1.54) is 6.07 Å². The van der Waals surface area contributed by atoms with Crippen molar-refractivity contribution < 1.29 is 9.66 Å². The highest BCUT2D eigenvalue weighted by Crippen LogP contribution is 2.29. The Bertz CT molecular complexity index is 620. The number of nitro benzene ring substituents is 1. The Morgan fingerprint density at radius 2 is 1.84 bits per heavy atom. The van der Waals surface area contributed by atoms with E-state index in [2.05, 4.69) is 15.9 Å². The molecule has 2 aromatic carbocycles. The minimum Gasteiger partial charge on any atom is -0.457 e. The maximum Gasteiger partial charge on any atom is 0.276 e. The fourth-order valence-electron chi connectivity index (χ4n) is 1.75. The fraction of sp³-hybridized carbons (Fsp3) is 0.143. The molecule has 0 N–H and O–H groups in total. The molecule has 0 atom stereocenters. The normalized spacial score (nSPS) is 10.3. The number of hydrogen-bond donors (Lipinski definition) is 0. The number of halogens is 1. The van der Waals surface area contributed by atoms with Crippen LogP contribution in [0.2, 0.25) is 0 Å². The number of hydrogen-bond acceptors (Lipinski definition) is 3. The van der Waals surface area contributed by atoms with Crippen LogP contribution in [0.5, 0.6) is 11.5 Å². The summed E-state index contributed by atoms with van der Waals surface area (Å²) in [5.74, 6) is 1.10. The van der Waals surface area contributed by atoms with Crippen molar-refractivity contribution in [1.82, 2.24) is 0 Å². The van der Waals surface area contributed by atoms with Gasteiger partial charge in [-0.05, 0) is 49.7 Å². The van der Waals surface area contributed by atoms with Crippen LogP contribution in [0.1, 0.15) is 11.1 Å². The summed E-state index contributed by atoms with van der Waals surface area (Å²) in [7, 11) is 0. The van der Waals surface area contributed by atoms with Crippen molar-refractivity contribution in [3.8, 4) is 11.5 Å². The zero-order valence-corrected chi connectivity index (χ0v) is 12.1. The number of nitrogens with zero attached hydrogens (tertiary/aromatic N) is 1. The second-order valence-corrected chi connectivity index (χ2v) is 5.19. The molecule has 0 aliphatic carbocycles. The van der Waals surface area contributed by atoms with E-state index < -0.39 is 4.92 Å². The van der Waals surface area contributed by atoms with Crippen molar-refractivity contribution in [3.05, 3.63) is 62.1 Å². The van der Waals surface area contributed by atoms with Crippen molar-refractivity contribution in [2.45, 2.75) is 13.8 Å². The molecule has 4 nitrogen and oxygen atoms in total. The number of nitro groups is 1. The van der Waals surface area contributed by atoms with E-state index in [1.54, 1.807) is 19.1 Å². The molecular formula is C14H12BrNO3. The Morgan fingerprint density at radius 3 is 2.47 bits per heavy atom. The molecule has 0 bridgehead atoms. The van der Waals surface area contributed by atoms with Gasteiger partial charge in [-0.25, -0.2) is 0 Å². The molecule has 5 heteroatoms. The van der Waals surface area contributed by atoms with Gasteiger partial charge < -0.3 is 4.74 Å². The van der Waals surface area contributed by atoms with Crippen LogP contribution < -0.4 is 4.74 Å². The molecule has 0 heterocycles. The average Bonchev–Trinajstić information content (AvgIpc) is 2.30. The van der Waals surface area contributed by atoms with Gasteiger partial charge in [-0.2, -0.15) is 0 Å². The first-order valence-corrected chi connectivity index (χ1v) is 6.45. The molecule has 98 valence electrons. The lowest BCUT2D eigenvalue weighted by molar-refractivity contribution is -0.385. The van der Waals surface area contributed by atoms with Gasteiger partial charge in [0.1, 0.15) is 11.5 Å². The Hall–Kier alpha value is -1.88. The van der Waals surface area contributed by atoms with Gasteiger partial charge in [0.15, 0.2) is 0 Å². The first-order valence-electron chi connectivity index (χ1n) is 5.66. The van der Waals surface area contributed by atoms with Crippen molar-refractivity contribution in [2.24, 2.45) is 0 Å². The zero-order chi connectivity index (χ0) is 14.0. The van der Waals surface area contributed by atoms with Crippen LogP contribution in [0.3, 0.4) is 0 Å². The second-order valence-electron chi connectivity index (χ2n) is 4.27. The summed E-state index contributed by atoms with van der Waals surface area (Å²) < 4.78 is 6.56. The average molecular weight is 322 g/mol. The van der Waals surface area contributed by atoms with Crippen molar-refractivity contribution in [3.63, 3.8) is 0 Å². The third-order valence-electron chi connectivity index (χ3n) is 2.63. The standard InChI is InChI=1S/C14H12BrNO3/c1-9-5-11(15)7-13(6-9)19-12-4-3-10(2)14(8-12)16(17)18/h3-8H,1-2H3. The summed E-state index contributed by atoms with van der Waals surface area (Å²) >= 11 is 3.39. The quantitative estimate of drug-likeness (QED) is 0.604. The maximum absolute atomic E-state index is 10.9. The van der Waals surface area contributed by atoms with Crippen LogP contribution in [-0.2, 0) is 0 Å². The monoisotopic (exact) mass is 321 g/mol. The molecule has 2 rings (SSSR count). The number of rotatable bonds is 3. The molecule has 0 amide bonds. The SMILES string of the molecule is Cc1cc(Br)cc(Oc2ccc(C)c([N+](=O)[O-])c2)c1. The zero-order valence-electron chi connectivity index (χ0n) is 10.5. The molecule has 0 unspecified atom stereocenters. The third-order valence-corrected chi connectivity index (χ3v) is 3.09. The van der Waals surface area contributed by atoms with Crippen LogP contribution >= 0.6 is 15.9 Å². The molecule has 2 aromatic rings.